The van der Waals surface area contributed by atoms with E-state index in [1.807, 2.05) is 25.1 Å². The van der Waals surface area contributed by atoms with Crippen molar-refractivity contribution in [2.24, 2.45) is 5.92 Å². The number of esters is 1. The Labute approximate surface area is 120 Å². The standard InChI is InChI=1S/C17H21NO2/c1-3-16(19)20-17(14-7-5-4-6-8-14)13(2)18-11-9-15(17)10-12-18/h4-8,15H,2-3,9-12H2,1H3/t17-/m0/s1. The first kappa shape index (κ1) is 13.2. The number of hydrogen-bond acceptors (Lipinski definition) is 3. The maximum atomic E-state index is 12.0. The molecule has 0 radical (unpaired) electrons. The molecular weight excluding hydrogens is 250 g/mol. The van der Waals surface area contributed by atoms with Gasteiger partial charge in [-0.15, -0.1) is 0 Å². The fourth-order valence-corrected chi connectivity index (χ4v) is 3.57. The SMILES string of the molecule is C=C1N2CCC(CC2)[C@@]1(OC(=O)CC)c1ccccc1. The first-order chi connectivity index (χ1) is 9.68. The second kappa shape index (κ2) is 4.97. The van der Waals surface area contributed by atoms with Gasteiger partial charge in [0, 0.05) is 31.0 Å². The summed E-state index contributed by atoms with van der Waals surface area (Å²) >= 11 is 0. The Kier molecular flexibility index (Phi) is 3.28. The monoisotopic (exact) mass is 271 g/mol. The molecule has 3 aliphatic rings. The molecule has 0 N–H and O–H groups in total. The van der Waals surface area contributed by atoms with E-state index in [0.717, 1.165) is 37.2 Å². The van der Waals surface area contributed by atoms with Gasteiger partial charge in [-0.05, 0) is 12.8 Å². The molecule has 3 saturated heterocycles. The summed E-state index contributed by atoms with van der Waals surface area (Å²) in [5.74, 6) is 0.196. The molecule has 1 atom stereocenters. The van der Waals surface area contributed by atoms with Gasteiger partial charge in [-0.2, -0.15) is 0 Å². The fraction of sp³-hybridized carbons (Fsp3) is 0.471. The number of fused-ring (bicyclic) bond motifs is 3. The van der Waals surface area contributed by atoms with Gasteiger partial charge < -0.3 is 9.64 Å². The first-order valence-electron chi connectivity index (χ1n) is 7.40. The molecule has 0 spiro atoms. The van der Waals surface area contributed by atoms with E-state index in [1.165, 1.54) is 0 Å². The van der Waals surface area contributed by atoms with E-state index in [9.17, 15) is 4.79 Å². The molecule has 0 aliphatic carbocycles. The van der Waals surface area contributed by atoms with Crippen LogP contribution < -0.4 is 0 Å². The number of benzene rings is 1. The summed E-state index contributed by atoms with van der Waals surface area (Å²) < 4.78 is 5.98. The number of piperidine rings is 3. The van der Waals surface area contributed by atoms with Crippen molar-refractivity contribution in [1.29, 1.82) is 0 Å². The van der Waals surface area contributed by atoms with Gasteiger partial charge in [0.2, 0.25) is 0 Å². The van der Waals surface area contributed by atoms with Gasteiger partial charge in [-0.1, -0.05) is 43.8 Å². The third-order valence-corrected chi connectivity index (χ3v) is 4.65. The number of hydrogen-bond donors (Lipinski definition) is 0. The molecule has 0 saturated carbocycles. The summed E-state index contributed by atoms with van der Waals surface area (Å²) in [5.41, 5.74) is 1.36. The van der Waals surface area contributed by atoms with Crippen molar-refractivity contribution < 1.29 is 9.53 Å². The molecule has 0 aromatic heterocycles. The topological polar surface area (TPSA) is 29.5 Å². The van der Waals surface area contributed by atoms with Gasteiger partial charge in [-0.3, -0.25) is 4.79 Å². The van der Waals surface area contributed by atoms with Crippen LogP contribution >= 0.6 is 0 Å². The molecule has 3 aliphatic heterocycles. The molecule has 0 unspecified atom stereocenters. The summed E-state index contributed by atoms with van der Waals surface area (Å²) in [6.07, 6.45) is 2.52. The number of rotatable bonds is 3. The average Bonchev–Trinajstić information content (AvgIpc) is 2.52. The van der Waals surface area contributed by atoms with Crippen LogP contribution in [-0.4, -0.2) is 24.0 Å². The molecule has 1 aromatic carbocycles. The maximum absolute atomic E-state index is 12.0. The Balaban J connectivity index is 2.08. The molecule has 2 bridgehead atoms. The summed E-state index contributed by atoms with van der Waals surface area (Å²) in [7, 11) is 0. The third kappa shape index (κ3) is 1.84. The van der Waals surface area contributed by atoms with Crippen molar-refractivity contribution in [3.63, 3.8) is 0 Å². The molecule has 20 heavy (non-hydrogen) atoms. The van der Waals surface area contributed by atoms with Crippen LogP contribution in [0.3, 0.4) is 0 Å². The first-order valence-corrected chi connectivity index (χ1v) is 7.40. The summed E-state index contributed by atoms with van der Waals surface area (Å²) in [4.78, 5) is 14.3. The Morgan fingerprint density at radius 3 is 2.55 bits per heavy atom. The fourth-order valence-electron chi connectivity index (χ4n) is 3.57. The van der Waals surface area contributed by atoms with Gasteiger partial charge in [0.25, 0.3) is 0 Å². The zero-order valence-electron chi connectivity index (χ0n) is 12.0. The summed E-state index contributed by atoms with van der Waals surface area (Å²) in [6, 6.07) is 10.1. The van der Waals surface area contributed by atoms with Crippen LogP contribution in [0.1, 0.15) is 31.7 Å². The smallest absolute Gasteiger partial charge is 0.306 e. The zero-order valence-corrected chi connectivity index (χ0v) is 12.0. The van der Waals surface area contributed by atoms with Crippen molar-refractivity contribution in [3.05, 3.63) is 48.2 Å². The van der Waals surface area contributed by atoms with Crippen LogP contribution in [0.5, 0.6) is 0 Å². The van der Waals surface area contributed by atoms with E-state index in [2.05, 4.69) is 23.6 Å². The number of carbonyl (C=O) groups is 1. The number of carbonyl (C=O) groups excluding carboxylic acids is 1. The molecular formula is C17H21NO2. The lowest BCUT2D eigenvalue weighted by Crippen LogP contribution is -2.56. The van der Waals surface area contributed by atoms with E-state index in [4.69, 9.17) is 4.74 Å². The van der Waals surface area contributed by atoms with Crippen LogP contribution in [0, 0.1) is 5.92 Å². The second-order valence-electron chi connectivity index (χ2n) is 5.64. The number of ether oxygens (including phenoxy) is 1. The predicted molar refractivity (Wildman–Crippen MR) is 77.9 cm³/mol. The Hall–Kier alpha value is -1.77. The quantitative estimate of drug-likeness (QED) is 0.791. The van der Waals surface area contributed by atoms with Gasteiger partial charge in [0.1, 0.15) is 0 Å². The highest BCUT2D eigenvalue weighted by Gasteiger charge is 2.53. The average molecular weight is 271 g/mol. The van der Waals surface area contributed by atoms with E-state index in [0.29, 0.717) is 12.3 Å². The van der Waals surface area contributed by atoms with Gasteiger partial charge in [0.15, 0.2) is 5.60 Å². The zero-order chi connectivity index (χ0) is 14.2. The predicted octanol–water partition coefficient (Wildman–Crippen LogP) is 3.07. The molecule has 1 aromatic rings. The van der Waals surface area contributed by atoms with E-state index in [1.54, 1.807) is 0 Å². The highest BCUT2D eigenvalue weighted by Crippen LogP contribution is 2.51. The van der Waals surface area contributed by atoms with E-state index >= 15 is 0 Å². The molecule has 3 heterocycles. The largest absolute Gasteiger partial charge is 0.447 e. The molecule has 4 rings (SSSR count). The highest BCUT2D eigenvalue weighted by atomic mass is 16.6. The normalized spacial score (nSPS) is 28.6. The van der Waals surface area contributed by atoms with Crippen molar-refractivity contribution in [3.8, 4) is 0 Å². The van der Waals surface area contributed by atoms with Crippen molar-refractivity contribution in [1.82, 2.24) is 4.90 Å². The highest BCUT2D eigenvalue weighted by molar-refractivity contribution is 5.70. The lowest BCUT2D eigenvalue weighted by Gasteiger charge is -2.54. The minimum absolute atomic E-state index is 0.149. The van der Waals surface area contributed by atoms with Gasteiger partial charge in [-0.25, -0.2) is 0 Å². The lowest BCUT2D eigenvalue weighted by atomic mass is 9.69. The van der Waals surface area contributed by atoms with Gasteiger partial charge >= 0.3 is 5.97 Å². The molecule has 106 valence electrons. The van der Waals surface area contributed by atoms with Crippen molar-refractivity contribution in [2.45, 2.75) is 31.8 Å². The minimum Gasteiger partial charge on any atom is -0.447 e. The van der Waals surface area contributed by atoms with Crippen LogP contribution in [0.15, 0.2) is 42.6 Å². The minimum atomic E-state index is -0.648. The summed E-state index contributed by atoms with van der Waals surface area (Å²) in [5, 5.41) is 0. The van der Waals surface area contributed by atoms with Gasteiger partial charge in [0.05, 0.1) is 5.70 Å². The Morgan fingerprint density at radius 1 is 1.35 bits per heavy atom. The number of nitrogens with zero attached hydrogens (tertiary/aromatic N) is 1. The maximum Gasteiger partial charge on any atom is 0.306 e. The molecule has 3 heteroatoms. The van der Waals surface area contributed by atoms with Crippen LogP contribution in [0.25, 0.3) is 0 Å². The summed E-state index contributed by atoms with van der Waals surface area (Å²) in [6.45, 7) is 8.16. The molecule has 3 nitrogen and oxygen atoms in total. The van der Waals surface area contributed by atoms with E-state index < -0.39 is 5.60 Å². The Morgan fingerprint density at radius 2 is 2.00 bits per heavy atom. The molecule has 0 amide bonds. The molecule has 3 fully saturated rings. The van der Waals surface area contributed by atoms with Crippen LogP contribution in [0.4, 0.5) is 0 Å². The van der Waals surface area contributed by atoms with Crippen LogP contribution in [0.2, 0.25) is 0 Å². The Bertz CT molecular complexity index is 517. The van der Waals surface area contributed by atoms with Crippen molar-refractivity contribution in [2.75, 3.05) is 13.1 Å². The second-order valence-corrected chi connectivity index (χ2v) is 5.64. The van der Waals surface area contributed by atoms with E-state index in [-0.39, 0.29) is 5.97 Å². The lowest BCUT2D eigenvalue weighted by molar-refractivity contribution is -0.174. The third-order valence-electron chi connectivity index (χ3n) is 4.65. The van der Waals surface area contributed by atoms with Crippen molar-refractivity contribution >= 4 is 5.97 Å². The van der Waals surface area contributed by atoms with Crippen LogP contribution in [-0.2, 0) is 15.1 Å².